The second-order valence-electron chi connectivity index (χ2n) is 4.02. The third-order valence-electron chi connectivity index (χ3n) is 2.53. The summed E-state index contributed by atoms with van der Waals surface area (Å²) in [6, 6.07) is 10.2. The van der Waals surface area contributed by atoms with Gasteiger partial charge in [0.15, 0.2) is 0 Å². The monoisotopic (exact) mass is 372 g/mol. The zero-order chi connectivity index (χ0) is 15.8. The van der Waals surface area contributed by atoms with Crippen molar-refractivity contribution in [2.75, 3.05) is 0 Å². The van der Waals surface area contributed by atoms with E-state index in [2.05, 4.69) is 22.9 Å². The van der Waals surface area contributed by atoms with Gasteiger partial charge in [-0.3, -0.25) is 4.79 Å². The van der Waals surface area contributed by atoms with Crippen LogP contribution in [0.5, 0.6) is 0 Å². The maximum Gasteiger partial charge on any atom is 0.300 e. The molecule has 0 amide bonds. The van der Waals surface area contributed by atoms with E-state index < -0.39 is 5.97 Å². The van der Waals surface area contributed by atoms with Crippen LogP contribution in [0.3, 0.4) is 0 Å². The van der Waals surface area contributed by atoms with E-state index in [1.54, 1.807) is 6.20 Å². The van der Waals surface area contributed by atoms with Gasteiger partial charge in [0.05, 0.1) is 11.2 Å². The van der Waals surface area contributed by atoms with Crippen LogP contribution in [0.4, 0.5) is 0 Å². The Morgan fingerprint density at radius 1 is 1.27 bits per heavy atom. The van der Waals surface area contributed by atoms with Crippen LogP contribution in [0, 0.1) is 0 Å². The second-order valence-corrected chi connectivity index (χ2v) is 4.02. The molecule has 0 unspecified atom stereocenters. The van der Waals surface area contributed by atoms with Crippen LogP contribution >= 0.6 is 0 Å². The molecule has 5 heteroatoms. The molecule has 0 saturated heterocycles. The van der Waals surface area contributed by atoms with E-state index in [0.717, 1.165) is 34.8 Å². The molecule has 113 valence electrons. The number of rotatable bonds is 0. The molecular weight excluding hydrogens is 353 g/mol. The van der Waals surface area contributed by atoms with E-state index in [-0.39, 0.29) is 32.7 Å². The third-order valence-corrected chi connectivity index (χ3v) is 2.53. The number of nitrogens with zero attached hydrogens (tertiary/aromatic N) is 2. The molecule has 1 radical (unpaired) electrons. The molecule has 1 aliphatic rings. The minimum absolute atomic E-state index is 0. The number of carbonyl (C=O) groups is 1. The van der Waals surface area contributed by atoms with Crippen molar-refractivity contribution < 1.29 is 42.6 Å². The summed E-state index contributed by atoms with van der Waals surface area (Å²) in [5.74, 6) is -0.833. The Balaban J connectivity index is 0.000000555. The third kappa shape index (κ3) is 5.70. The summed E-state index contributed by atoms with van der Waals surface area (Å²) < 4.78 is 0. The number of benzene rings is 1. The number of fused-ring (bicyclic) bond motifs is 2. The summed E-state index contributed by atoms with van der Waals surface area (Å²) in [5.41, 5.74) is 3.77. The van der Waals surface area contributed by atoms with Gasteiger partial charge in [-0.05, 0) is 17.7 Å². The first-order valence-corrected chi connectivity index (χ1v) is 6.74. The van der Waals surface area contributed by atoms with Crippen LogP contribution in [0.25, 0.3) is 28.0 Å². The van der Waals surface area contributed by atoms with Crippen LogP contribution in [-0.4, -0.2) is 16.1 Å². The molecule has 3 rings (SSSR count). The number of carboxylic acid groups (broad SMARTS) is 1. The maximum atomic E-state index is 9.00. The Kier molecular flexibility index (Phi) is 9.54. The van der Waals surface area contributed by atoms with Gasteiger partial charge in [-0.15, -0.1) is 12.3 Å². The molecule has 1 aliphatic heterocycles. The molecule has 0 atom stereocenters. The summed E-state index contributed by atoms with van der Waals surface area (Å²) in [6.45, 7) is 8.99. The fourth-order valence-electron chi connectivity index (χ4n) is 1.76. The van der Waals surface area contributed by atoms with E-state index in [0.29, 0.717) is 0 Å². The normalized spacial score (nSPS) is 10.8. The van der Waals surface area contributed by atoms with Crippen molar-refractivity contribution in [1.29, 1.82) is 0 Å². The summed E-state index contributed by atoms with van der Waals surface area (Å²) in [5, 5.41) is 12.7. The smallest absolute Gasteiger partial charge is 0.300 e. The van der Waals surface area contributed by atoms with E-state index in [4.69, 9.17) is 9.90 Å². The molecule has 22 heavy (non-hydrogen) atoms. The van der Waals surface area contributed by atoms with Crippen molar-refractivity contribution in [2.24, 2.45) is 0 Å². The minimum Gasteiger partial charge on any atom is -0.664 e. The van der Waals surface area contributed by atoms with E-state index in [9.17, 15) is 0 Å². The Bertz CT molecular complexity index is 677. The van der Waals surface area contributed by atoms with E-state index in [1.165, 1.54) is 0 Å². The summed E-state index contributed by atoms with van der Waals surface area (Å²) >= 11 is 0. The fourth-order valence-corrected chi connectivity index (χ4v) is 1.76. The van der Waals surface area contributed by atoms with Gasteiger partial charge in [0.2, 0.25) is 0 Å². The Hall–Kier alpha value is -1.52. The maximum absolute atomic E-state index is 9.00. The van der Waals surface area contributed by atoms with Gasteiger partial charge >= 0.3 is 0 Å². The first-order chi connectivity index (χ1) is 10.1. The molecule has 2 heterocycles. The SMILES string of the molecule is C=C1[N-]C=Cc2nc3ccccc3cc21.CC.CC(=O)O.[Y]. The predicted molar refractivity (Wildman–Crippen MR) is 87.8 cm³/mol. The fraction of sp³-hybridized carbons (Fsp3) is 0.176. The van der Waals surface area contributed by atoms with Gasteiger partial charge in [-0.2, -0.15) is 6.20 Å². The largest absolute Gasteiger partial charge is 0.664 e. The molecule has 1 aromatic heterocycles. The molecule has 0 aliphatic carbocycles. The van der Waals surface area contributed by atoms with Gasteiger partial charge in [0.25, 0.3) is 5.97 Å². The van der Waals surface area contributed by atoms with Crippen LogP contribution < -0.4 is 0 Å². The molecule has 1 aromatic carbocycles. The van der Waals surface area contributed by atoms with Crippen molar-refractivity contribution in [3.05, 3.63) is 59.7 Å². The average Bonchev–Trinajstić information content (AvgIpc) is 2.47. The van der Waals surface area contributed by atoms with Crippen molar-refractivity contribution in [2.45, 2.75) is 20.8 Å². The summed E-state index contributed by atoms with van der Waals surface area (Å²) in [4.78, 5) is 13.6. The van der Waals surface area contributed by atoms with Gasteiger partial charge < -0.3 is 10.4 Å². The zero-order valence-corrected chi connectivity index (χ0v) is 15.9. The van der Waals surface area contributed by atoms with Gasteiger partial charge in [0.1, 0.15) is 0 Å². The molecule has 0 spiro atoms. The molecule has 0 bridgehead atoms. The van der Waals surface area contributed by atoms with Gasteiger partial charge in [-0.25, -0.2) is 4.98 Å². The van der Waals surface area contributed by atoms with E-state index >= 15 is 0 Å². The number of aliphatic carboxylic acids is 1. The number of aromatic nitrogens is 1. The number of carboxylic acids is 1. The Morgan fingerprint density at radius 3 is 2.50 bits per heavy atom. The number of pyridine rings is 1. The quantitative estimate of drug-likeness (QED) is 0.730. The summed E-state index contributed by atoms with van der Waals surface area (Å²) in [6.07, 6.45) is 3.66. The second kappa shape index (κ2) is 10.3. The minimum atomic E-state index is -0.833. The molecule has 4 nitrogen and oxygen atoms in total. The summed E-state index contributed by atoms with van der Waals surface area (Å²) in [7, 11) is 0. The zero-order valence-electron chi connectivity index (χ0n) is 13.1. The Labute approximate surface area is 156 Å². The van der Waals surface area contributed by atoms with E-state index in [1.807, 2.05) is 44.2 Å². The van der Waals surface area contributed by atoms with Crippen LogP contribution in [0.2, 0.25) is 0 Å². The van der Waals surface area contributed by atoms with Crippen LogP contribution in [0.15, 0.2) is 43.1 Å². The Morgan fingerprint density at radius 2 is 1.86 bits per heavy atom. The van der Waals surface area contributed by atoms with Crippen molar-refractivity contribution in [1.82, 2.24) is 4.98 Å². The van der Waals surface area contributed by atoms with Crippen molar-refractivity contribution in [3.8, 4) is 0 Å². The first kappa shape index (κ1) is 20.5. The van der Waals surface area contributed by atoms with Crippen molar-refractivity contribution in [3.63, 3.8) is 0 Å². The average molecular weight is 372 g/mol. The molecule has 0 fully saturated rings. The first-order valence-electron chi connectivity index (χ1n) is 6.74. The van der Waals surface area contributed by atoms with Gasteiger partial charge in [-0.1, -0.05) is 38.1 Å². The molecule has 2 aromatic rings. The molecule has 0 saturated carbocycles. The predicted octanol–water partition coefficient (Wildman–Crippen LogP) is 4.68. The standard InChI is InChI=1S/C13H9N2.C2H4O2.C2H6.Y/c1-9-11-8-10-4-2-3-5-12(10)15-13(11)6-7-14-9;1-2(3)4;1-2;/h2-8H,1H2;1H3,(H,3,4);1-2H3;/q-1;;;. The van der Waals surface area contributed by atoms with Gasteiger partial charge in [0, 0.05) is 45.0 Å². The van der Waals surface area contributed by atoms with Crippen LogP contribution in [0.1, 0.15) is 32.0 Å². The molecule has 1 N–H and O–H groups in total. The topological polar surface area (TPSA) is 64.3 Å². The number of para-hydroxylation sites is 1. The van der Waals surface area contributed by atoms with Crippen molar-refractivity contribution >= 4 is 28.6 Å². The number of hydrogen-bond donors (Lipinski definition) is 1. The number of hydrogen-bond acceptors (Lipinski definition) is 2. The van der Waals surface area contributed by atoms with Crippen LogP contribution in [-0.2, 0) is 37.5 Å². The molecular formula is C17H19N2O2Y-.